The average Bonchev–Trinajstić information content (AvgIpc) is 2.74. The van der Waals surface area contributed by atoms with Gasteiger partial charge in [0.15, 0.2) is 4.96 Å². The number of imidazole rings is 1. The van der Waals surface area contributed by atoms with Crippen LogP contribution < -0.4 is 0 Å². The molecule has 106 valence electrons. The number of nitrogens with zero attached hydrogens (tertiary/aromatic N) is 3. The van der Waals surface area contributed by atoms with Crippen molar-refractivity contribution < 1.29 is 5.11 Å². The molecule has 4 nitrogen and oxygen atoms in total. The minimum absolute atomic E-state index is 0.602. The van der Waals surface area contributed by atoms with E-state index >= 15 is 0 Å². The zero-order valence-corrected chi connectivity index (χ0v) is 13.2. The van der Waals surface area contributed by atoms with Crippen molar-refractivity contribution in [3.05, 3.63) is 22.5 Å². The Morgan fingerprint density at radius 1 is 1.42 bits per heavy atom. The summed E-state index contributed by atoms with van der Waals surface area (Å²) in [4.78, 5) is 9.19. The van der Waals surface area contributed by atoms with Crippen LogP contribution in [0.2, 0.25) is 0 Å². The number of fused-ring (bicyclic) bond motifs is 1. The van der Waals surface area contributed by atoms with E-state index in [1.54, 1.807) is 11.3 Å². The van der Waals surface area contributed by atoms with Gasteiger partial charge in [0.05, 0.1) is 17.0 Å². The molecule has 0 aromatic carbocycles. The highest BCUT2D eigenvalue weighted by atomic mass is 32.1. The Morgan fingerprint density at radius 2 is 2.11 bits per heavy atom. The van der Waals surface area contributed by atoms with Crippen molar-refractivity contribution in [2.75, 3.05) is 13.6 Å². The number of rotatable bonds is 5. The van der Waals surface area contributed by atoms with Gasteiger partial charge in [-0.2, -0.15) is 0 Å². The molecule has 0 fully saturated rings. The normalized spacial score (nSPS) is 12.8. The summed E-state index contributed by atoms with van der Waals surface area (Å²) in [6.45, 7) is 9.61. The first kappa shape index (κ1) is 14.5. The van der Waals surface area contributed by atoms with Crippen molar-refractivity contribution in [2.24, 2.45) is 0 Å². The number of aryl methyl sites for hydroxylation is 2. The maximum atomic E-state index is 9.78. The molecule has 0 saturated carbocycles. The molecule has 0 bridgehead atoms. The van der Waals surface area contributed by atoms with E-state index in [1.807, 2.05) is 13.8 Å². The maximum absolute atomic E-state index is 9.78. The Hall–Kier alpha value is -0.910. The molecule has 0 unspecified atom stereocenters. The fourth-order valence-electron chi connectivity index (χ4n) is 2.10. The molecule has 0 aliphatic carbocycles. The zero-order valence-electron chi connectivity index (χ0n) is 12.4. The lowest BCUT2D eigenvalue weighted by atomic mass is 10.1. The summed E-state index contributed by atoms with van der Waals surface area (Å²) in [6, 6.07) is 0. The summed E-state index contributed by atoms with van der Waals surface area (Å²) in [5, 5.41) is 9.78. The van der Waals surface area contributed by atoms with E-state index < -0.39 is 5.60 Å². The zero-order chi connectivity index (χ0) is 14.2. The third kappa shape index (κ3) is 3.55. The van der Waals surface area contributed by atoms with Gasteiger partial charge >= 0.3 is 0 Å². The molecule has 0 amide bonds. The summed E-state index contributed by atoms with van der Waals surface area (Å²) in [6.07, 6.45) is 2.92. The van der Waals surface area contributed by atoms with Crippen LogP contribution in [-0.4, -0.2) is 38.6 Å². The summed E-state index contributed by atoms with van der Waals surface area (Å²) in [5.41, 5.74) is 1.74. The molecule has 0 radical (unpaired) electrons. The molecular weight excluding hydrogens is 258 g/mol. The van der Waals surface area contributed by atoms with Crippen molar-refractivity contribution in [1.29, 1.82) is 0 Å². The van der Waals surface area contributed by atoms with Crippen LogP contribution in [0.1, 0.15) is 36.5 Å². The van der Waals surface area contributed by atoms with Gasteiger partial charge in [-0.3, -0.25) is 4.40 Å². The highest BCUT2D eigenvalue weighted by Gasteiger charge is 2.16. The second-order valence-electron chi connectivity index (χ2n) is 5.94. The van der Waals surface area contributed by atoms with Crippen LogP contribution in [0.5, 0.6) is 0 Å². The fourth-order valence-corrected chi connectivity index (χ4v) is 2.99. The number of thiazole rings is 1. The highest BCUT2D eigenvalue weighted by Crippen LogP contribution is 2.21. The first-order valence-corrected chi connectivity index (χ1v) is 7.43. The standard InChI is InChI=1S/C14H23N3OS/c1-10-8-17-12(11(2)15-13(17)19-10)9-16(5)7-6-14(3,4)18/h8,18H,6-7,9H2,1-5H3. The topological polar surface area (TPSA) is 40.8 Å². The number of hydrogen-bond acceptors (Lipinski definition) is 4. The van der Waals surface area contributed by atoms with Gasteiger partial charge in [-0.1, -0.05) is 0 Å². The lowest BCUT2D eigenvalue weighted by molar-refractivity contribution is 0.0598. The maximum Gasteiger partial charge on any atom is 0.194 e. The monoisotopic (exact) mass is 281 g/mol. The van der Waals surface area contributed by atoms with E-state index in [2.05, 4.69) is 41.4 Å². The van der Waals surface area contributed by atoms with Gasteiger partial charge in [-0.05, 0) is 41.2 Å². The minimum atomic E-state index is -0.602. The molecule has 0 saturated heterocycles. The van der Waals surface area contributed by atoms with Gasteiger partial charge in [0.2, 0.25) is 0 Å². The minimum Gasteiger partial charge on any atom is -0.390 e. The second kappa shape index (κ2) is 5.23. The third-order valence-electron chi connectivity index (χ3n) is 3.27. The van der Waals surface area contributed by atoms with E-state index in [4.69, 9.17) is 0 Å². The predicted octanol–water partition coefficient (Wildman–Crippen LogP) is 2.61. The molecule has 2 aromatic heterocycles. The summed E-state index contributed by atoms with van der Waals surface area (Å²) in [5.74, 6) is 0. The van der Waals surface area contributed by atoms with E-state index in [9.17, 15) is 5.11 Å². The van der Waals surface area contributed by atoms with Crippen LogP contribution in [0.4, 0.5) is 0 Å². The lowest BCUT2D eigenvalue weighted by Crippen LogP contribution is -2.28. The van der Waals surface area contributed by atoms with Crippen LogP contribution in [0.25, 0.3) is 4.96 Å². The van der Waals surface area contributed by atoms with Crippen LogP contribution in [-0.2, 0) is 6.54 Å². The van der Waals surface area contributed by atoms with Crippen molar-refractivity contribution in [1.82, 2.24) is 14.3 Å². The van der Waals surface area contributed by atoms with Crippen molar-refractivity contribution in [3.8, 4) is 0 Å². The first-order valence-electron chi connectivity index (χ1n) is 6.61. The Bertz CT molecular complexity index is 565. The van der Waals surface area contributed by atoms with E-state index in [0.29, 0.717) is 0 Å². The molecule has 0 atom stereocenters. The van der Waals surface area contributed by atoms with Crippen LogP contribution in [0.3, 0.4) is 0 Å². The second-order valence-corrected chi connectivity index (χ2v) is 7.15. The Labute approximate surface area is 118 Å². The number of aliphatic hydroxyl groups is 1. The number of hydrogen-bond donors (Lipinski definition) is 1. The Kier molecular flexibility index (Phi) is 3.99. The molecule has 0 aliphatic heterocycles. The Balaban J connectivity index is 2.10. The van der Waals surface area contributed by atoms with Gasteiger partial charge in [0.1, 0.15) is 0 Å². The average molecular weight is 281 g/mol. The predicted molar refractivity (Wildman–Crippen MR) is 79.8 cm³/mol. The molecule has 0 spiro atoms. The van der Waals surface area contributed by atoms with Gasteiger partial charge in [-0.15, -0.1) is 11.3 Å². The van der Waals surface area contributed by atoms with Crippen molar-refractivity contribution in [3.63, 3.8) is 0 Å². The summed E-state index contributed by atoms with van der Waals surface area (Å²) >= 11 is 1.73. The Morgan fingerprint density at radius 3 is 2.74 bits per heavy atom. The largest absolute Gasteiger partial charge is 0.390 e. The van der Waals surface area contributed by atoms with E-state index in [1.165, 1.54) is 10.6 Å². The van der Waals surface area contributed by atoms with Crippen molar-refractivity contribution in [2.45, 2.75) is 46.3 Å². The first-order chi connectivity index (χ1) is 8.76. The van der Waals surface area contributed by atoms with Gasteiger partial charge in [0, 0.05) is 24.2 Å². The highest BCUT2D eigenvalue weighted by molar-refractivity contribution is 7.17. The van der Waals surface area contributed by atoms with Crippen molar-refractivity contribution >= 4 is 16.3 Å². The molecule has 1 N–H and O–H groups in total. The van der Waals surface area contributed by atoms with E-state index in [-0.39, 0.29) is 0 Å². The molecule has 5 heteroatoms. The fraction of sp³-hybridized carbons (Fsp3) is 0.643. The lowest BCUT2D eigenvalue weighted by Gasteiger charge is -2.22. The molecule has 2 aromatic rings. The quantitative estimate of drug-likeness (QED) is 0.916. The summed E-state index contributed by atoms with van der Waals surface area (Å²) < 4.78 is 2.19. The van der Waals surface area contributed by atoms with Crippen LogP contribution in [0.15, 0.2) is 6.20 Å². The molecular formula is C14H23N3OS. The third-order valence-corrected chi connectivity index (χ3v) is 4.16. The SMILES string of the molecule is Cc1cn2c(CN(C)CCC(C)(C)O)c(C)nc2s1. The van der Waals surface area contributed by atoms with E-state index in [0.717, 1.165) is 30.2 Å². The molecule has 19 heavy (non-hydrogen) atoms. The number of aromatic nitrogens is 2. The van der Waals surface area contributed by atoms with Crippen LogP contribution >= 0.6 is 11.3 Å². The summed E-state index contributed by atoms with van der Waals surface area (Å²) in [7, 11) is 2.09. The molecule has 2 rings (SSSR count). The van der Waals surface area contributed by atoms with Gasteiger partial charge in [-0.25, -0.2) is 4.98 Å². The van der Waals surface area contributed by atoms with Gasteiger partial charge < -0.3 is 10.0 Å². The van der Waals surface area contributed by atoms with Gasteiger partial charge in [0.25, 0.3) is 0 Å². The molecule has 2 heterocycles. The smallest absolute Gasteiger partial charge is 0.194 e. The van der Waals surface area contributed by atoms with Crippen LogP contribution in [0, 0.1) is 13.8 Å². The molecule has 0 aliphatic rings.